The van der Waals surface area contributed by atoms with Crippen LogP contribution < -0.4 is 0 Å². The summed E-state index contributed by atoms with van der Waals surface area (Å²) >= 11 is 0. The first-order valence-electron chi connectivity index (χ1n) is 4.63. The lowest BCUT2D eigenvalue weighted by Crippen LogP contribution is -1.92. The lowest BCUT2D eigenvalue weighted by Gasteiger charge is -2.02. The molecule has 0 aliphatic heterocycles. The quantitative estimate of drug-likeness (QED) is 0.428. The minimum Gasteiger partial charge on any atom is -0.411 e. The molecule has 2 heteroatoms. The van der Waals surface area contributed by atoms with Gasteiger partial charge in [0.05, 0.1) is 6.21 Å². The second-order valence-electron chi connectivity index (χ2n) is 3.05. The highest BCUT2D eigenvalue weighted by atomic mass is 16.4. The summed E-state index contributed by atoms with van der Waals surface area (Å²) in [5.74, 6) is 0. The van der Waals surface area contributed by atoms with E-state index in [1.54, 1.807) is 0 Å². The molecule has 0 fully saturated rings. The molecule has 1 aromatic rings. The lowest BCUT2D eigenvalue weighted by atomic mass is 10.0. The molecule has 0 unspecified atom stereocenters. The van der Waals surface area contributed by atoms with Crippen molar-refractivity contribution in [2.45, 2.75) is 26.2 Å². The van der Waals surface area contributed by atoms with Gasteiger partial charge in [-0.05, 0) is 24.0 Å². The third-order valence-electron chi connectivity index (χ3n) is 2.05. The highest BCUT2D eigenvalue weighted by Crippen LogP contribution is 2.09. The molecule has 0 aliphatic rings. The van der Waals surface area contributed by atoms with Gasteiger partial charge in [0.15, 0.2) is 0 Å². The van der Waals surface area contributed by atoms with E-state index in [1.807, 2.05) is 18.2 Å². The summed E-state index contributed by atoms with van der Waals surface area (Å²) in [6.45, 7) is 2.17. The fourth-order valence-corrected chi connectivity index (χ4v) is 1.32. The third kappa shape index (κ3) is 2.90. The second-order valence-corrected chi connectivity index (χ2v) is 3.05. The largest absolute Gasteiger partial charge is 0.411 e. The standard InChI is InChI=1S/C11H15NO/c1-2-3-6-10-7-4-5-8-11(10)9-12-13/h4-5,7-9,13H,2-3,6H2,1H3. The fourth-order valence-electron chi connectivity index (χ4n) is 1.32. The summed E-state index contributed by atoms with van der Waals surface area (Å²) in [7, 11) is 0. The Bertz CT molecular complexity index is 281. The van der Waals surface area contributed by atoms with Crippen molar-refractivity contribution in [3.63, 3.8) is 0 Å². The lowest BCUT2D eigenvalue weighted by molar-refractivity contribution is 0.322. The van der Waals surface area contributed by atoms with Crippen molar-refractivity contribution in [1.29, 1.82) is 0 Å². The molecule has 13 heavy (non-hydrogen) atoms. The maximum Gasteiger partial charge on any atom is 0.0736 e. The van der Waals surface area contributed by atoms with Crippen LogP contribution in [0, 0.1) is 0 Å². The molecule has 0 aromatic heterocycles. The van der Waals surface area contributed by atoms with Gasteiger partial charge in [0.2, 0.25) is 0 Å². The van der Waals surface area contributed by atoms with E-state index in [2.05, 4.69) is 18.1 Å². The van der Waals surface area contributed by atoms with Crippen LogP contribution in [-0.4, -0.2) is 11.4 Å². The third-order valence-corrected chi connectivity index (χ3v) is 2.05. The van der Waals surface area contributed by atoms with Gasteiger partial charge < -0.3 is 5.21 Å². The molecular formula is C11H15NO. The van der Waals surface area contributed by atoms with Gasteiger partial charge in [-0.1, -0.05) is 42.8 Å². The molecule has 1 aromatic carbocycles. The predicted octanol–water partition coefficient (Wildman–Crippen LogP) is 2.84. The van der Waals surface area contributed by atoms with Gasteiger partial charge in [-0.2, -0.15) is 0 Å². The van der Waals surface area contributed by atoms with E-state index in [0.717, 1.165) is 12.0 Å². The van der Waals surface area contributed by atoms with Gasteiger partial charge in [-0.15, -0.1) is 0 Å². The molecule has 0 radical (unpaired) electrons. The number of nitrogens with zero attached hydrogens (tertiary/aromatic N) is 1. The number of unbranched alkanes of at least 4 members (excludes halogenated alkanes) is 1. The zero-order valence-electron chi connectivity index (χ0n) is 7.90. The van der Waals surface area contributed by atoms with Crippen molar-refractivity contribution in [3.8, 4) is 0 Å². The van der Waals surface area contributed by atoms with Crippen molar-refractivity contribution in [2.75, 3.05) is 0 Å². The van der Waals surface area contributed by atoms with Crippen LogP contribution in [0.3, 0.4) is 0 Å². The second kappa shape index (κ2) is 5.36. The molecule has 0 bridgehead atoms. The van der Waals surface area contributed by atoms with E-state index in [9.17, 15) is 0 Å². The highest BCUT2D eigenvalue weighted by Gasteiger charge is 1.97. The Labute approximate surface area is 78.9 Å². The summed E-state index contributed by atoms with van der Waals surface area (Å²) in [6.07, 6.45) is 4.91. The average molecular weight is 177 g/mol. The van der Waals surface area contributed by atoms with Crippen LogP contribution in [-0.2, 0) is 6.42 Å². The Hall–Kier alpha value is -1.31. The number of benzene rings is 1. The summed E-state index contributed by atoms with van der Waals surface area (Å²) in [4.78, 5) is 0. The van der Waals surface area contributed by atoms with E-state index in [-0.39, 0.29) is 0 Å². The molecule has 2 nitrogen and oxygen atoms in total. The number of oxime groups is 1. The van der Waals surface area contributed by atoms with Gasteiger partial charge in [-0.3, -0.25) is 0 Å². The molecule has 0 amide bonds. The number of aryl methyl sites for hydroxylation is 1. The summed E-state index contributed by atoms with van der Waals surface area (Å²) < 4.78 is 0. The zero-order chi connectivity index (χ0) is 9.52. The summed E-state index contributed by atoms with van der Waals surface area (Å²) in [5.41, 5.74) is 2.26. The van der Waals surface area contributed by atoms with E-state index in [1.165, 1.54) is 24.6 Å². The number of rotatable bonds is 4. The molecule has 0 aliphatic carbocycles. The first-order chi connectivity index (χ1) is 6.38. The average Bonchev–Trinajstić information content (AvgIpc) is 2.17. The fraction of sp³-hybridized carbons (Fsp3) is 0.364. The Kier molecular flexibility index (Phi) is 4.03. The van der Waals surface area contributed by atoms with Crippen molar-refractivity contribution in [1.82, 2.24) is 0 Å². The smallest absolute Gasteiger partial charge is 0.0736 e. The summed E-state index contributed by atoms with van der Waals surface area (Å²) in [6, 6.07) is 8.00. The number of hydrogen-bond acceptors (Lipinski definition) is 2. The molecular weight excluding hydrogens is 162 g/mol. The molecule has 0 atom stereocenters. The maximum atomic E-state index is 8.44. The van der Waals surface area contributed by atoms with Gasteiger partial charge in [0, 0.05) is 0 Å². The van der Waals surface area contributed by atoms with Crippen LogP contribution in [0.5, 0.6) is 0 Å². The Balaban J connectivity index is 2.78. The number of hydrogen-bond donors (Lipinski definition) is 1. The molecule has 0 heterocycles. The topological polar surface area (TPSA) is 32.6 Å². The zero-order valence-corrected chi connectivity index (χ0v) is 7.90. The minimum atomic E-state index is 1.01. The van der Waals surface area contributed by atoms with Crippen molar-refractivity contribution in [2.24, 2.45) is 5.16 Å². The van der Waals surface area contributed by atoms with E-state index < -0.39 is 0 Å². The van der Waals surface area contributed by atoms with E-state index in [0.29, 0.717) is 0 Å². The molecule has 1 N–H and O–H groups in total. The molecule has 0 spiro atoms. The van der Waals surface area contributed by atoms with Gasteiger partial charge in [-0.25, -0.2) is 0 Å². The minimum absolute atomic E-state index is 1.01. The van der Waals surface area contributed by atoms with Crippen molar-refractivity contribution in [3.05, 3.63) is 35.4 Å². The molecule has 0 saturated heterocycles. The SMILES string of the molecule is CCCCc1ccccc1C=NO. The van der Waals surface area contributed by atoms with Crippen LogP contribution >= 0.6 is 0 Å². The van der Waals surface area contributed by atoms with Gasteiger partial charge in [0.1, 0.15) is 0 Å². The first kappa shape index (κ1) is 9.78. The van der Waals surface area contributed by atoms with Crippen LogP contribution in [0.2, 0.25) is 0 Å². The maximum absolute atomic E-state index is 8.44. The van der Waals surface area contributed by atoms with Crippen LogP contribution in [0.15, 0.2) is 29.4 Å². The Morgan fingerprint density at radius 2 is 2.15 bits per heavy atom. The highest BCUT2D eigenvalue weighted by molar-refractivity contribution is 5.81. The van der Waals surface area contributed by atoms with Gasteiger partial charge >= 0.3 is 0 Å². The molecule has 0 saturated carbocycles. The van der Waals surface area contributed by atoms with Crippen LogP contribution in [0.1, 0.15) is 30.9 Å². The first-order valence-corrected chi connectivity index (χ1v) is 4.63. The predicted molar refractivity (Wildman–Crippen MR) is 54.4 cm³/mol. The van der Waals surface area contributed by atoms with Crippen LogP contribution in [0.4, 0.5) is 0 Å². The summed E-state index contributed by atoms with van der Waals surface area (Å²) in [5, 5.41) is 11.5. The van der Waals surface area contributed by atoms with E-state index in [4.69, 9.17) is 5.21 Å². The molecule has 1 rings (SSSR count). The molecule has 70 valence electrons. The van der Waals surface area contributed by atoms with Crippen molar-refractivity contribution < 1.29 is 5.21 Å². The normalized spacial score (nSPS) is 10.8. The Morgan fingerprint density at radius 3 is 2.85 bits per heavy atom. The van der Waals surface area contributed by atoms with E-state index >= 15 is 0 Å². The Morgan fingerprint density at radius 1 is 1.38 bits per heavy atom. The monoisotopic (exact) mass is 177 g/mol. The van der Waals surface area contributed by atoms with Crippen molar-refractivity contribution >= 4 is 6.21 Å². The van der Waals surface area contributed by atoms with Gasteiger partial charge in [0.25, 0.3) is 0 Å². The van der Waals surface area contributed by atoms with Crippen LogP contribution in [0.25, 0.3) is 0 Å².